The van der Waals surface area contributed by atoms with Gasteiger partial charge in [0.25, 0.3) is 0 Å². The SMILES string of the molecule is CC(C1CC1)N(CC(F)(F)F)C(=O)C1(C)CCNCC1. The zero-order valence-electron chi connectivity index (χ0n) is 12.1. The molecule has 2 aliphatic rings. The van der Waals surface area contributed by atoms with E-state index in [9.17, 15) is 18.0 Å². The first-order chi connectivity index (χ1) is 9.23. The topological polar surface area (TPSA) is 32.3 Å². The van der Waals surface area contributed by atoms with E-state index in [-0.39, 0.29) is 17.9 Å². The van der Waals surface area contributed by atoms with E-state index in [0.29, 0.717) is 25.9 Å². The molecule has 1 aliphatic heterocycles. The molecule has 1 N–H and O–H groups in total. The number of nitrogens with one attached hydrogen (secondary N) is 1. The van der Waals surface area contributed by atoms with Gasteiger partial charge >= 0.3 is 6.18 Å². The van der Waals surface area contributed by atoms with Gasteiger partial charge in [-0.2, -0.15) is 13.2 Å². The van der Waals surface area contributed by atoms with Gasteiger partial charge < -0.3 is 10.2 Å². The Bertz CT molecular complexity index is 360. The van der Waals surface area contributed by atoms with Crippen molar-refractivity contribution in [2.24, 2.45) is 11.3 Å². The van der Waals surface area contributed by atoms with Crippen LogP contribution >= 0.6 is 0 Å². The summed E-state index contributed by atoms with van der Waals surface area (Å²) in [7, 11) is 0. The van der Waals surface area contributed by atoms with Crippen molar-refractivity contribution in [3.05, 3.63) is 0 Å². The van der Waals surface area contributed by atoms with Crippen LogP contribution in [0.5, 0.6) is 0 Å². The molecular formula is C14H23F3N2O. The van der Waals surface area contributed by atoms with Crippen LogP contribution in [0.3, 0.4) is 0 Å². The predicted octanol–water partition coefficient (Wildman–Crippen LogP) is 2.57. The number of amides is 1. The molecule has 1 heterocycles. The van der Waals surface area contributed by atoms with E-state index >= 15 is 0 Å². The molecule has 0 radical (unpaired) electrons. The maximum atomic E-state index is 12.8. The lowest BCUT2D eigenvalue weighted by atomic mass is 9.79. The Kier molecular flexibility index (Phi) is 4.33. The average Bonchev–Trinajstić information content (AvgIpc) is 3.18. The van der Waals surface area contributed by atoms with Crippen molar-refractivity contribution in [2.45, 2.75) is 51.7 Å². The van der Waals surface area contributed by atoms with Gasteiger partial charge in [0.1, 0.15) is 6.54 Å². The standard InChI is InChI=1S/C14H23F3N2O/c1-10(11-3-4-11)19(9-14(15,16)17)12(20)13(2)5-7-18-8-6-13/h10-11,18H,3-9H2,1-2H3. The Hall–Kier alpha value is -0.780. The number of alkyl halides is 3. The van der Waals surface area contributed by atoms with Crippen molar-refractivity contribution in [3.63, 3.8) is 0 Å². The average molecular weight is 292 g/mol. The van der Waals surface area contributed by atoms with Gasteiger partial charge in [-0.1, -0.05) is 6.92 Å². The number of piperidine rings is 1. The van der Waals surface area contributed by atoms with Gasteiger partial charge in [-0.3, -0.25) is 4.79 Å². The Morgan fingerprint density at radius 3 is 2.35 bits per heavy atom. The summed E-state index contributed by atoms with van der Waals surface area (Å²) in [5, 5.41) is 3.15. The van der Waals surface area contributed by atoms with E-state index in [1.807, 2.05) is 0 Å². The summed E-state index contributed by atoms with van der Waals surface area (Å²) in [4.78, 5) is 13.8. The quantitative estimate of drug-likeness (QED) is 0.863. The van der Waals surface area contributed by atoms with Crippen LogP contribution in [0.4, 0.5) is 13.2 Å². The normalized spacial score (nSPS) is 24.2. The molecule has 0 aromatic carbocycles. The van der Waals surface area contributed by atoms with Crippen LogP contribution in [0.1, 0.15) is 39.5 Å². The highest BCUT2D eigenvalue weighted by Crippen LogP contribution is 2.39. The van der Waals surface area contributed by atoms with E-state index in [2.05, 4.69) is 5.32 Å². The Morgan fingerprint density at radius 1 is 1.35 bits per heavy atom. The predicted molar refractivity (Wildman–Crippen MR) is 70.2 cm³/mol. The Morgan fingerprint density at radius 2 is 1.90 bits per heavy atom. The molecule has 0 aromatic rings. The van der Waals surface area contributed by atoms with E-state index in [1.54, 1.807) is 13.8 Å². The Balaban J connectivity index is 2.13. The summed E-state index contributed by atoms with van der Waals surface area (Å²) in [6, 6.07) is -0.309. The molecule has 1 aliphatic carbocycles. The lowest BCUT2D eigenvalue weighted by Crippen LogP contribution is -2.53. The van der Waals surface area contributed by atoms with E-state index in [0.717, 1.165) is 17.7 Å². The molecule has 1 saturated carbocycles. The Labute approximate surface area is 117 Å². The van der Waals surface area contributed by atoms with Crippen LogP contribution < -0.4 is 5.32 Å². The minimum atomic E-state index is -4.33. The lowest BCUT2D eigenvalue weighted by Gasteiger charge is -2.40. The molecule has 1 amide bonds. The summed E-state index contributed by atoms with van der Waals surface area (Å²) < 4.78 is 38.4. The zero-order chi connectivity index (χ0) is 15.0. The fourth-order valence-electron chi connectivity index (χ4n) is 2.97. The highest BCUT2D eigenvalue weighted by molar-refractivity contribution is 5.83. The molecule has 1 saturated heterocycles. The first kappa shape index (κ1) is 15.6. The molecule has 1 unspecified atom stereocenters. The molecule has 3 nitrogen and oxygen atoms in total. The first-order valence-corrected chi connectivity index (χ1v) is 7.31. The lowest BCUT2D eigenvalue weighted by molar-refractivity contribution is -0.173. The summed E-state index contributed by atoms with van der Waals surface area (Å²) in [6.07, 6.45) is -1.25. The summed E-state index contributed by atoms with van der Waals surface area (Å²) in [6.45, 7) is 3.83. The molecule has 0 aromatic heterocycles. The van der Waals surface area contributed by atoms with Crippen molar-refractivity contribution in [1.29, 1.82) is 0 Å². The minimum absolute atomic E-state index is 0.242. The molecule has 2 fully saturated rings. The van der Waals surface area contributed by atoms with Crippen LogP contribution in [-0.4, -0.2) is 42.7 Å². The minimum Gasteiger partial charge on any atom is -0.330 e. The highest BCUT2D eigenvalue weighted by atomic mass is 19.4. The monoisotopic (exact) mass is 292 g/mol. The van der Waals surface area contributed by atoms with Gasteiger partial charge in [0.05, 0.1) is 0 Å². The van der Waals surface area contributed by atoms with Gasteiger partial charge in [0.2, 0.25) is 5.91 Å². The molecular weight excluding hydrogens is 269 g/mol. The highest BCUT2D eigenvalue weighted by Gasteiger charge is 2.46. The number of rotatable bonds is 4. The third kappa shape index (κ3) is 3.65. The smallest absolute Gasteiger partial charge is 0.330 e. The van der Waals surface area contributed by atoms with Crippen LogP contribution in [0.2, 0.25) is 0 Å². The molecule has 0 bridgehead atoms. The number of nitrogens with zero attached hydrogens (tertiary/aromatic N) is 1. The van der Waals surface area contributed by atoms with Crippen LogP contribution in [0, 0.1) is 11.3 Å². The number of carbonyl (C=O) groups excluding carboxylic acids is 1. The zero-order valence-corrected chi connectivity index (χ0v) is 12.1. The molecule has 1 atom stereocenters. The molecule has 6 heteroatoms. The van der Waals surface area contributed by atoms with Gasteiger partial charge in [0, 0.05) is 11.5 Å². The van der Waals surface area contributed by atoms with E-state index < -0.39 is 18.1 Å². The van der Waals surface area contributed by atoms with Gasteiger partial charge in [-0.05, 0) is 51.6 Å². The van der Waals surface area contributed by atoms with Crippen molar-refractivity contribution < 1.29 is 18.0 Å². The van der Waals surface area contributed by atoms with Crippen LogP contribution in [-0.2, 0) is 4.79 Å². The van der Waals surface area contributed by atoms with Crippen molar-refractivity contribution in [3.8, 4) is 0 Å². The number of hydrogen-bond acceptors (Lipinski definition) is 2. The third-order valence-corrected chi connectivity index (χ3v) is 4.63. The first-order valence-electron chi connectivity index (χ1n) is 7.31. The van der Waals surface area contributed by atoms with Gasteiger partial charge in [-0.15, -0.1) is 0 Å². The second-order valence-corrected chi connectivity index (χ2v) is 6.44. The van der Waals surface area contributed by atoms with Gasteiger partial charge in [0.15, 0.2) is 0 Å². The molecule has 116 valence electrons. The van der Waals surface area contributed by atoms with Crippen molar-refractivity contribution in [1.82, 2.24) is 10.2 Å². The molecule has 2 rings (SSSR count). The summed E-state index contributed by atoms with van der Waals surface area (Å²) in [5.41, 5.74) is -0.653. The van der Waals surface area contributed by atoms with Crippen LogP contribution in [0.25, 0.3) is 0 Å². The van der Waals surface area contributed by atoms with Gasteiger partial charge in [-0.25, -0.2) is 0 Å². The molecule has 20 heavy (non-hydrogen) atoms. The summed E-state index contributed by atoms with van der Waals surface area (Å²) in [5.74, 6) is -0.0812. The fraction of sp³-hybridized carbons (Fsp3) is 0.929. The van der Waals surface area contributed by atoms with E-state index in [1.165, 1.54) is 0 Å². The van der Waals surface area contributed by atoms with Crippen molar-refractivity contribution in [2.75, 3.05) is 19.6 Å². The second-order valence-electron chi connectivity index (χ2n) is 6.44. The second kappa shape index (κ2) is 5.54. The van der Waals surface area contributed by atoms with Crippen LogP contribution in [0.15, 0.2) is 0 Å². The number of halogens is 3. The molecule has 0 spiro atoms. The maximum absolute atomic E-state index is 12.8. The van der Waals surface area contributed by atoms with E-state index in [4.69, 9.17) is 0 Å². The number of carbonyl (C=O) groups is 1. The summed E-state index contributed by atoms with van der Waals surface area (Å²) >= 11 is 0. The fourth-order valence-corrected chi connectivity index (χ4v) is 2.97. The number of hydrogen-bond donors (Lipinski definition) is 1. The largest absolute Gasteiger partial charge is 0.406 e. The third-order valence-electron chi connectivity index (χ3n) is 4.63. The van der Waals surface area contributed by atoms with Crippen molar-refractivity contribution >= 4 is 5.91 Å². The maximum Gasteiger partial charge on any atom is 0.406 e.